The number of hydrogen-bond donors (Lipinski definition) is 2. The van der Waals surface area contributed by atoms with Gasteiger partial charge in [0.1, 0.15) is 6.10 Å². The summed E-state index contributed by atoms with van der Waals surface area (Å²) in [6.07, 6.45) is 2.29. The third-order valence-electron chi connectivity index (χ3n) is 4.73. The predicted octanol–water partition coefficient (Wildman–Crippen LogP) is 2.27. The Balaban J connectivity index is 2.13. The highest BCUT2D eigenvalue weighted by atomic mass is 16.6. The third-order valence-corrected chi connectivity index (χ3v) is 4.73. The summed E-state index contributed by atoms with van der Waals surface area (Å²) >= 11 is 0. The molecular formula is C15H26O3. The van der Waals surface area contributed by atoms with E-state index in [1.807, 2.05) is 6.92 Å². The maximum atomic E-state index is 10.5. The molecule has 0 bridgehead atoms. The van der Waals surface area contributed by atoms with E-state index in [2.05, 4.69) is 20.4 Å². The molecule has 1 saturated carbocycles. The molecule has 1 heterocycles. The first-order valence-corrected chi connectivity index (χ1v) is 7.07. The van der Waals surface area contributed by atoms with Crippen molar-refractivity contribution in [2.75, 3.05) is 0 Å². The minimum Gasteiger partial charge on any atom is -0.390 e. The second-order valence-corrected chi connectivity index (χ2v) is 6.50. The van der Waals surface area contributed by atoms with Crippen molar-refractivity contribution >= 4 is 0 Å². The minimum absolute atomic E-state index is 0.0523. The Morgan fingerprint density at radius 3 is 2.61 bits per heavy atom. The van der Waals surface area contributed by atoms with Gasteiger partial charge in [-0.15, -0.1) is 0 Å². The van der Waals surface area contributed by atoms with Crippen LogP contribution in [0.4, 0.5) is 0 Å². The van der Waals surface area contributed by atoms with Gasteiger partial charge in [-0.05, 0) is 50.0 Å². The van der Waals surface area contributed by atoms with E-state index in [0.29, 0.717) is 12.3 Å². The average molecular weight is 254 g/mol. The topological polar surface area (TPSA) is 53.0 Å². The van der Waals surface area contributed by atoms with E-state index in [9.17, 15) is 10.2 Å². The van der Waals surface area contributed by atoms with E-state index in [4.69, 9.17) is 4.74 Å². The van der Waals surface area contributed by atoms with E-state index in [0.717, 1.165) is 24.8 Å². The second-order valence-electron chi connectivity index (χ2n) is 6.50. The molecule has 18 heavy (non-hydrogen) atoms. The minimum atomic E-state index is -0.422. The van der Waals surface area contributed by atoms with Crippen LogP contribution in [0.5, 0.6) is 0 Å². The van der Waals surface area contributed by atoms with Gasteiger partial charge in [-0.2, -0.15) is 0 Å². The van der Waals surface area contributed by atoms with Gasteiger partial charge in [-0.25, -0.2) is 0 Å². The maximum Gasteiger partial charge on any atom is 0.113 e. The molecule has 0 spiro atoms. The molecule has 0 aromatic carbocycles. The van der Waals surface area contributed by atoms with Crippen LogP contribution in [0.2, 0.25) is 0 Å². The highest BCUT2D eigenvalue weighted by Gasteiger charge is 2.57. The molecule has 3 heteroatoms. The number of fused-ring (bicyclic) bond motifs is 1. The van der Waals surface area contributed by atoms with Crippen LogP contribution in [0.1, 0.15) is 46.5 Å². The van der Waals surface area contributed by atoms with Crippen molar-refractivity contribution in [1.82, 2.24) is 0 Å². The number of epoxide rings is 1. The summed E-state index contributed by atoms with van der Waals surface area (Å²) in [6.45, 7) is 10.3. The van der Waals surface area contributed by atoms with E-state index in [1.54, 1.807) is 0 Å². The van der Waals surface area contributed by atoms with E-state index in [-0.39, 0.29) is 17.6 Å². The van der Waals surface area contributed by atoms with Crippen LogP contribution in [-0.4, -0.2) is 34.1 Å². The second kappa shape index (κ2) is 4.95. The van der Waals surface area contributed by atoms with Gasteiger partial charge in [0, 0.05) is 0 Å². The van der Waals surface area contributed by atoms with Crippen LogP contribution in [0, 0.1) is 11.8 Å². The summed E-state index contributed by atoms with van der Waals surface area (Å²) in [7, 11) is 0. The van der Waals surface area contributed by atoms with Crippen LogP contribution in [0.15, 0.2) is 12.2 Å². The fraction of sp³-hybridized carbons (Fsp3) is 0.867. The largest absolute Gasteiger partial charge is 0.390 e. The number of rotatable bonds is 1. The molecule has 2 aliphatic rings. The Bertz CT molecular complexity index is 326. The molecule has 0 radical (unpaired) electrons. The van der Waals surface area contributed by atoms with Crippen LogP contribution >= 0.6 is 0 Å². The Kier molecular flexibility index (Phi) is 3.86. The zero-order valence-corrected chi connectivity index (χ0v) is 11.7. The molecule has 0 aromatic rings. The van der Waals surface area contributed by atoms with Gasteiger partial charge in [-0.1, -0.05) is 20.4 Å². The first-order chi connectivity index (χ1) is 8.35. The predicted molar refractivity (Wildman–Crippen MR) is 71.2 cm³/mol. The van der Waals surface area contributed by atoms with Gasteiger partial charge in [0.25, 0.3) is 0 Å². The summed E-state index contributed by atoms with van der Waals surface area (Å²) in [6, 6.07) is 0. The molecule has 0 aromatic heterocycles. The Hall–Kier alpha value is -0.380. The fourth-order valence-electron chi connectivity index (χ4n) is 3.16. The summed E-state index contributed by atoms with van der Waals surface area (Å²) in [5.74, 6) is 0.636. The average Bonchev–Trinajstić information content (AvgIpc) is 2.97. The fourth-order valence-corrected chi connectivity index (χ4v) is 3.16. The van der Waals surface area contributed by atoms with E-state index in [1.165, 1.54) is 0 Å². The highest BCUT2D eigenvalue weighted by molar-refractivity contribution is 5.10. The van der Waals surface area contributed by atoms with Crippen molar-refractivity contribution in [3.05, 3.63) is 12.2 Å². The van der Waals surface area contributed by atoms with Crippen molar-refractivity contribution in [2.24, 2.45) is 11.8 Å². The SMILES string of the molecule is C=C1CCC(C(C)C)C(O)C2OC2(C)CCC1O. The molecule has 3 nitrogen and oxygen atoms in total. The van der Waals surface area contributed by atoms with Gasteiger partial charge >= 0.3 is 0 Å². The zero-order chi connectivity index (χ0) is 13.5. The van der Waals surface area contributed by atoms with Crippen molar-refractivity contribution < 1.29 is 14.9 Å². The standard InChI is InChI=1S/C15H26O3/c1-9(2)11-6-5-10(3)12(16)7-8-15(4)14(18-15)13(11)17/h9,11-14,16-17H,3,5-8H2,1-2,4H3. The van der Waals surface area contributed by atoms with Crippen molar-refractivity contribution in [3.63, 3.8) is 0 Å². The van der Waals surface area contributed by atoms with Gasteiger partial charge in [0.2, 0.25) is 0 Å². The molecule has 1 aliphatic carbocycles. The molecule has 2 fully saturated rings. The van der Waals surface area contributed by atoms with Gasteiger partial charge in [0.15, 0.2) is 0 Å². The van der Waals surface area contributed by atoms with Gasteiger partial charge in [0.05, 0.1) is 17.8 Å². The summed E-state index contributed by atoms with van der Waals surface area (Å²) in [4.78, 5) is 0. The lowest BCUT2D eigenvalue weighted by Gasteiger charge is -2.28. The molecular weight excluding hydrogens is 228 g/mol. The lowest BCUT2D eigenvalue weighted by molar-refractivity contribution is 0.0492. The van der Waals surface area contributed by atoms with Crippen LogP contribution in [0.25, 0.3) is 0 Å². The molecule has 2 rings (SSSR count). The normalized spacial score (nSPS) is 45.8. The smallest absolute Gasteiger partial charge is 0.113 e. The van der Waals surface area contributed by atoms with E-state index >= 15 is 0 Å². The molecule has 5 unspecified atom stereocenters. The molecule has 104 valence electrons. The number of ether oxygens (including phenoxy) is 1. The summed E-state index contributed by atoms with van der Waals surface area (Å²) < 4.78 is 5.72. The summed E-state index contributed by atoms with van der Waals surface area (Å²) in [5, 5.41) is 20.5. The molecule has 1 aliphatic heterocycles. The molecule has 1 saturated heterocycles. The first-order valence-electron chi connectivity index (χ1n) is 7.07. The Morgan fingerprint density at radius 1 is 1.33 bits per heavy atom. The lowest BCUT2D eigenvalue weighted by Crippen LogP contribution is -2.34. The van der Waals surface area contributed by atoms with Gasteiger partial charge < -0.3 is 14.9 Å². The van der Waals surface area contributed by atoms with Crippen molar-refractivity contribution in [3.8, 4) is 0 Å². The number of aliphatic hydroxyl groups is 2. The number of hydrogen-bond acceptors (Lipinski definition) is 3. The molecule has 2 N–H and O–H groups in total. The zero-order valence-electron chi connectivity index (χ0n) is 11.7. The van der Waals surface area contributed by atoms with Gasteiger partial charge in [-0.3, -0.25) is 0 Å². The molecule has 0 amide bonds. The lowest BCUT2D eigenvalue weighted by atomic mass is 9.79. The third kappa shape index (κ3) is 2.63. The Labute approximate surface area is 110 Å². The quantitative estimate of drug-likeness (QED) is 0.557. The molecule has 5 atom stereocenters. The summed E-state index contributed by atoms with van der Waals surface area (Å²) in [5.41, 5.74) is 0.654. The Morgan fingerprint density at radius 2 is 2.00 bits per heavy atom. The monoisotopic (exact) mass is 254 g/mol. The maximum absolute atomic E-state index is 10.5. The van der Waals surface area contributed by atoms with Crippen LogP contribution in [-0.2, 0) is 4.74 Å². The van der Waals surface area contributed by atoms with Crippen LogP contribution in [0.3, 0.4) is 0 Å². The van der Waals surface area contributed by atoms with Crippen molar-refractivity contribution in [2.45, 2.75) is 70.4 Å². The van der Waals surface area contributed by atoms with E-state index < -0.39 is 12.2 Å². The van der Waals surface area contributed by atoms with Crippen molar-refractivity contribution in [1.29, 1.82) is 0 Å². The van der Waals surface area contributed by atoms with Crippen LogP contribution < -0.4 is 0 Å². The first kappa shape index (κ1) is 14.0. The highest BCUT2D eigenvalue weighted by Crippen LogP contribution is 2.47. The number of aliphatic hydroxyl groups excluding tert-OH is 2.